The first kappa shape index (κ1) is 61.5. The fourth-order valence-electron chi connectivity index (χ4n) is 11.3. The molecule has 4 amide bonds. The number of piperazine rings is 2. The molecule has 4 aliphatic heterocycles. The molecule has 88 heavy (non-hydrogen) atoms. The minimum absolute atomic E-state index is 0.0328. The molecule has 10 heterocycles. The number of hydrogen-bond donors (Lipinski definition) is 4. The number of Topliss-reactive ketones (excluding diaryl/α,β-unsaturated/α-hetero) is 1. The SMILES string of the molecule is C/C=C/C(=O)CCC(=O)NCC(=O)N1CCN(Cc2cc3nc(-c4cccc5[nH]ncc45)nc(N4CCOCC4)c3s2)CC1.CCCC(=O)CCC(=O)NCC(=O)N1CCN(Cc2cc3nc(-c4cccc5[nH]ncc45)nc(N4CCOCC4)c3s2)CC1. The summed E-state index contributed by atoms with van der Waals surface area (Å²) in [5, 5.41) is 21.8. The zero-order chi connectivity index (χ0) is 60.9. The summed E-state index contributed by atoms with van der Waals surface area (Å²) in [6, 6.07) is 16.4. The first-order valence-electron chi connectivity index (χ1n) is 30.3. The molecule has 4 saturated heterocycles. The second-order valence-electron chi connectivity index (χ2n) is 22.2. The number of carbonyl (C=O) groups excluding carboxylic acids is 6. The fraction of sp³-hybridized carbons (Fsp3) is 0.452. The Morgan fingerprint density at radius 2 is 1.02 bits per heavy atom. The largest absolute Gasteiger partial charge is 0.378 e. The van der Waals surface area contributed by atoms with Crippen LogP contribution in [0, 0.1) is 0 Å². The number of morpholine rings is 2. The van der Waals surface area contributed by atoms with E-state index in [9.17, 15) is 28.8 Å². The Morgan fingerprint density at radius 1 is 0.568 bits per heavy atom. The van der Waals surface area contributed by atoms with Crippen molar-refractivity contribution in [2.75, 3.05) is 128 Å². The lowest BCUT2D eigenvalue weighted by atomic mass is 10.1. The summed E-state index contributed by atoms with van der Waals surface area (Å²) in [5.41, 5.74) is 5.64. The van der Waals surface area contributed by atoms with E-state index in [0.717, 1.165) is 137 Å². The molecule has 8 aromatic rings. The second-order valence-corrected chi connectivity index (χ2v) is 24.5. The van der Waals surface area contributed by atoms with Gasteiger partial charge in [0, 0.05) is 155 Å². The molecule has 0 unspecified atom stereocenters. The van der Waals surface area contributed by atoms with Crippen LogP contribution in [0.25, 0.3) is 65.0 Å². The molecule has 26 heteroatoms. The first-order valence-corrected chi connectivity index (χ1v) is 31.9. The van der Waals surface area contributed by atoms with E-state index in [1.165, 1.54) is 15.8 Å². The van der Waals surface area contributed by atoms with Gasteiger partial charge in [-0.2, -0.15) is 10.2 Å². The number of thiophene rings is 2. The lowest BCUT2D eigenvalue weighted by Crippen LogP contribution is -2.50. The first-order chi connectivity index (χ1) is 43.0. The van der Waals surface area contributed by atoms with Crippen molar-refractivity contribution >= 4 is 112 Å². The average Bonchev–Trinajstić information content (AvgIpc) is 1.72. The monoisotopic (exact) mass is 1230 g/mol. The Bertz CT molecular complexity index is 3810. The summed E-state index contributed by atoms with van der Waals surface area (Å²) in [6.45, 7) is 16.3. The highest BCUT2D eigenvalue weighted by Gasteiger charge is 2.28. The topological polar surface area (TPSA) is 273 Å². The number of aromatic nitrogens is 8. The Labute approximate surface area is 517 Å². The van der Waals surface area contributed by atoms with E-state index in [-0.39, 0.29) is 74.0 Å². The van der Waals surface area contributed by atoms with Crippen molar-refractivity contribution in [1.29, 1.82) is 0 Å². The van der Waals surface area contributed by atoms with Crippen LogP contribution in [0.15, 0.2) is 73.1 Å². The number of allylic oxidation sites excluding steroid dienone is 2. The lowest BCUT2D eigenvalue weighted by molar-refractivity contribution is -0.134. The Hall–Kier alpha value is -8.14. The van der Waals surface area contributed by atoms with Crippen LogP contribution in [0.5, 0.6) is 0 Å². The molecule has 24 nitrogen and oxygen atoms in total. The van der Waals surface area contributed by atoms with E-state index in [1.54, 1.807) is 45.5 Å². The highest BCUT2D eigenvalue weighted by molar-refractivity contribution is 7.20. The van der Waals surface area contributed by atoms with Gasteiger partial charge in [0.2, 0.25) is 23.6 Å². The highest BCUT2D eigenvalue weighted by atomic mass is 32.1. The maximum Gasteiger partial charge on any atom is 0.242 e. The number of carbonyl (C=O) groups is 6. The summed E-state index contributed by atoms with van der Waals surface area (Å²) in [5.74, 6) is 2.49. The number of fused-ring (bicyclic) bond motifs is 4. The summed E-state index contributed by atoms with van der Waals surface area (Å²) in [6.07, 6.45) is 8.60. The molecular weight excluding hydrogens is 1160 g/mol. The average molecular weight is 1240 g/mol. The highest BCUT2D eigenvalue weighted by Crippen LogP contribution is 2.38. The van der Waals surface area contributed by atoms with Crippen molar-refractivity contribution in [2.24, 2.45) is 0 Å². The third kappa shape index (κ3) is 15.2. The van der Waals surface area contributed by atoms with Gasteiger partial charge in [0.1, 0.15) is 5.78 Å². The molecule has 12 rings (SSSR count). The molecular formula is C62H74N16O8S2. The molecule has 0 atom stereocenters. The van der Waals surface area contributed by atoms with E-state index >= 15 is 0 Å². The zero-order valence-corrected chi connectivity index (χ0v) is 51.4. The molecule has 2 aromatic carbocycles. The Balaban J connectivity index is 0.000000182. The molecule has 0 spiro atoms. The quantitative estimate of drug-likeness (QED) is 0.0625. The molecule has 4 N–H and O–H groups in total. The van der Waals surface area contributed by atoms with Crippen molar-refractivity contribution in [3.8, 4) is 22.8 Å². The number of ether oxygens (including phenoxy) is 2. The van der Waals surface area contributed by atoms with Crippen LogP contribution >= 0.6 is 22.7 Å². The number of ketones is 2. The molecule has 0 bridgehead atoms. The van der Waals surface area contributed by atoms with E-state index in [0.29, 0.717) is 70.7 Å². The minimum Gasteiger partial charge on any atom is -0.378 e. The number of rotatable bonds is 21. The van der Waals surface area contributed by atoms with Gasteiger partial charge < -0.3 is 39.7 Å². The van der Waals surface area contributed by atoms with Crippen LogP contribution in [-0.4, -0.2) is 213 Å². The summed E-state index contributed by atoms with van der Waals surface area (Å²) in [7, 11) is 0. The Morgan fingerprint density at radius 3 is 1.47 bits per heavy atom. The predicted octanol–water partition coefficient (Wildman–Crippen LogP) is 5.74. The minimum atomic E-state index is -0.288. The Kier molecular flexibility index (Phi) is 20.4. The van der Waals surface area contributed by atoms with Gasteiger partial charge in [-0.1, -0.05) is 37.3 Å². The maximum atomic E-state index is 12.7. The number of anilines is 2. The van der Waals surface area contributed by atoms with Crippen LogP contribution < -0.4 is 20.4 Å². The van der Waals surface area contributed by atoms with Crippen LogP contribution in [0.2, 0.25) is 0 Å². The lowest BCUT2D eigenvalue weighted by Gasteiger charge is -2.34. The van der Waals surface area contributed by atoms with Gasteiger partial charge in [0.15, 0.2) is 29.1 Å². The van der Waals surface area contributed by atoms with Crippen LogP contribution in [-0.2, 0) is 51.3 Å². The number of benzene rings is 2. The number of hydrogen-bond acceptors (Lipinski definition) is 20. The van der Waals surface area contributed by atoms with Crippen molar-refractivity contribution < 1.29 is 38.2 Å². The number of aromatic amines is 2. The maximum absolute atomic E-state index is 12.7. The van der Waals surface area contributed by atoms with E-state index < -0.39 is 0 Å². The number of nitrogens with zero attached hydrogens (tertiary/aromatic N) is 12. The van der Waals surface area contributed by atoms with Crippen LogP contribution in [0.4, 0.5) is 11.6 Å². The standard InChI is InChI=1S/C31H38N8O4S.C31H36N8O4S/c2*1-2-4-21(40)7-8-27(41)32-19-28(42)38-11-9-37(10-12-38)20-22-17-26-29(44-22)31(39-13-15-43-16-14-39)35-30(34-26)23-5-3-6-25-24(23)18-33-36-25/h3,5-6,17-18H,2,4,7-16,19-20H2,1H3,(H,32,41)(H,33,36);2-6,17-18H,7-16,19-20H2,1H3,(H,32,41)(H,33,36)/b;4-2+. The molecule has 0 aliphatic carbocycles. The zero-order valence-electron chi connectivity index (χ0n) is 49.8. The van der Waals surface area contributed by atoms with Crippen molar-refractivity contribution in [1.82, 2.24) is 70.6 Å². The van der Waals surface area contributed by atoms with E-state index in [4.69, 9.17) is 29.4 Å². The number of H-pyrrole nitrogens is 2. The van der Waals surface area contributed by atoms with Gasteiger partial charge in [-0.05, 0) is 43.7 Å². The molecule has 4 aliphatic rings. The third-order valence-corrected chi connectivity index (χ3v) is 18.3. The van der Waals surface area contributed by atoms with Gasteiger partial charge in [-0.3, -0.25) is 48.8 Å². The van der Waals surface area contributed by atoms with Gasteiger partial charge >= 0.3 is 0 Å². The van der Waals surface area contributed by atoms with E-state index in [2.05, 4.69) is 62.8 Å². The predicted molar refractivity (Wildman–Crippen MR) is 339 cm³/mol. The van der Waals surface area contributed by atoms with Crippen molar-refractivity contribution in [3.05, 3.63) is 82.8 Å². The van der Waals surface area contributed by atoms with Crippen LogP contribution in [0.1, 0.15) is 62.1 Å². The fourth-order valence-corrected chi connectivity index (χ4v) is 13.6. The summed E-state index contributed by atoms with van der Waals surface area (Å²) in [4.78, 5) is 108. The van der Waals surface area contributed by atoms with Gasteiger partial charge in [-0.25, -0.2) is 19.9 Å². The van der Waals surface area contributed by atoms with Gasteiger partial charge in [0.25, 0.3) is 0 Å². The molecule has 462 valence electrons. The third-order valence-electron chi connectivity index (χ3n) is 16.1. The van der Waals surface area contributed by atoms with Crippen LogP contribution in [0.3, 0.4) is 0 Å². The smallest absolute Gasteiger partial charge is 0.242 e. The number of nitrogens with one attached hydrogen (secondary N) is 4. The van der Waals surface area contributed by atoms with Crippen molar-refractivity contribution in [3.63, 3.8) is 0 Å². The molecule has 0 radical (unpaired) electrons. The van der Waals surface area contributed by atoms with Gasteiger partial charge in [-0.15, -0.1) is 22.7 Å². The molecule has 0 saturated carbocycles. The number of amides is 4. The van der Waals surface area contributed by atoms with Gasteiger partial charge in [0.05, 0.1) is 83.4 Å². The molecule has 4 fully saturated rings. The molecule has 6 aromatic heterocycles. The normalized spacial score (nSPS) is 16.2. The van der Waals surface area contributed by atoms with Crippen molar-refractivity contribution in [2.45, 2.75) is 65.5 Å². The summed E-state index contributed by atoms with van der Waals surface area (Å²) >= 11 is 3.45. The summed E-state index contributed by atoms with van der Waals surface area (Å²) < 4.78 is 13.4. The van der Waals surface area contributed by atoms with E-state index in [1.807, 2.05) is 55.7 Å². The second kappa shape index (κ2) is 29.2.